The fraction of sp³-hybridized carbons (Fsp3) is 0.200. The molecule has 0 amide bonds. The Bertz CT molecular complexity index is 316. The van der Waals surface area contributed by atoms with Crippen LogP contribution >= 0.6 is 11.3 Å². The van der Waals surface area contributed by atoms with E-state index in [4.69, 9.17) is 9.47 Å². The van der Waals surface area contributed by atoms with Crippen molar-refractivity contribution in [1.29, 1.82) is 0 Å². The molecular weight excluding hydrogens is 216 g/mol. The highest BCUT2D eigenvalue weighted by Gasteiger charge is 2.10. The highest BCUT2D eigenvalue weighted by molar-refractivity contribution is 7.08. The van der Waals surface area contributed by atoms with Crippen molar-refractivity contribution in [3.8, 4) is 11.5 Å². The zero-order valence-corrected chi connectivity index (χ0v) is 8.74. The zero-order chi connectivity index (χ0) is 10.3. The van der Waals surface area contributed by atoms with Crippen LogP contribution in [-0.2, 0) is 9.47 Å². The summed E-state index contributed by atoms with van der Waals surface area (Å²) in [7, 11) is 0. The SMILES string of the molecule is C1=COC=CO1.c1scc2c1OCCO2. The molecule has 80 valence electrons. The summed E-state index contributed by atoms with van der Waals surface area (Å²) in [5, 5.41) is 3.91. The van der Waals surface area contributed by atoms with Gasteiger partial charge in [-0.1, -0.05) is 0 Å². The van der Waals surface area contributed by atoms with Gasteiger partial charge in [-0.25, -0.2) is 0 Å². The monoisotopic (exact) mass is 226 g/mol. The third-order valence-electron chi connectivity index (χ3n) is 1.62. The molecule has 0 N–H and O–H groups in total. The fourth-order valence-corrected chi connectivity index (χ4v) is 1.69. The number of rotatable bonds is 0. The van der Waals surface area contributed by atoms with Crippen LogP contribution in [0.15, 0.2) is 35.8 Å². The summed E-state index contributed by atoms with van der Waals surface area (Å²) >= 11 is 1.61. The highest BCUT2D eigenvalue weighted by Crippen LogP contribution is 2.33. The Kier molecular flexibility index (Phi) is 3.51. The average molecular weight is 226 g/mol. The standard InChI is InChI=1S/C6H6O2S.C4H4O2/c1-2-8-6-4-9-3-5(6)7-1;1-2-6-4-3-5-1/h3-4H,1-2H2;1-4H. The molecule has 0 saturated heterocycles. The largest absolute Gasteiger partial charge is 0.485 e. The van der Waals surface area contributed by atoms with Crippen molar-refractivity contribution < 1.29 is 18.9 Å². The van der Waals surface area contributed by atoms with Crippen molar-refractivity contribution in [3.63, 3.8) is 0 Å². The smallest absolute Gasteiger partial charge is 0.172 e. The molecule has 0 radical (unpaired) electrons. The normalized spacial score (nSPS) is 15.7. The molecule has 15 heavy (non-hydrogen) atoms. The molecule has 0 atom stereocenters. The quantitative estimate of drug-likeness (QED) is 0.681. The summed E-state index contributed by atoms with van der Waals surface area (Å²) in [6, 6.07) is 0. The molecule has 0 spiro atoms. The maximum absolute atomic E-state index is 5.25. The first-order valence-electron chi connectivity index (χ1n) is 4.39. The maximum Gasteiger partial charge on any atom is 0.172 e. The minimum Gasteiger partial charge on any atom is -0.485 e. The second kappa shape index (κ2) is 5.31. The van der Waals surface area contributed by atoms with E-state index in [1.807, 2.05) is 10.8 Å². The number of thiophene rings is 1. The summed E-state index contributed by atoms with van der Waals surface area (Å²) in [4.78, 5) is 0. The van der Waals surface area contributed by atoms with Gasteiger partial charge < -0.3 is 18.9 Å². The first kappa shape index (κ1) is 9.92. The molecule has 0 bridgehead atoms. The van der Waals surface area contributed by atoms with Gasteiger partial charge in [0.15, 0.2) is 11.5 Å². The molecule has 3 rings (SSSR count). The molecule has 0 unspecified atom stereocenters. The summed E-state index contributed by atoms with van der Waals surface area (Å²) in [6.45, 7) is 1.37. The summed E-state index contributed by atoms with van der Waals surface area (Å²) in [6.07, 6.45) is 5.83. The van der Waals surface area contributed by atoms with Gasteiger partial charge in [0, 0.05) is 10.8 Å². The minimum atomic E-state index is 0.684. The Morgan fingerprint density at radius 1 is 0.800 bits per heavy atom. The van der Waals surface area contributed by atoms with Gasteiger partial charge in [0.2, 0.25) is 0 Å². The lowest BCUT2D eigenvalue weighted by Crippen LogP contribution is -2.13. The fourth-order valence-electron chi connectivity index (χ4n) is 1.01. The Balaban J connectivity index is 0.000000124. The summed E-state index contributed by atoms with van der Waals surface area (Å²) < 4.78 is 19.7. The summed E-state index contributed by atoms with van der Waals surface area (Å²) in [5.41, 5.74) is 0. The Hall–Kier alpha value is -1.62. The van der Waals surface area contributed by atoms with Gasteiger partial charge in [-0.15, -0.1) is 11.3 Å². The van der Waals surface area contributed by atoms with E-state index >= 15 is 0 Å². The van der Waals surface area contributed by atoms with Gasteiger partial charge in [0.1, 0.15) is 38.3 Å². The summed E-state index contributed by atoms with van der Waals surface area (Å²) in [5.74, 6) is 1.79. The lowest BCUT2D eigenvalue weighted by atomic mass is 10.5. The molecule has 2 aliphatic rings. The average Bonchev–Trinajstić information content (AvgIpc) is 2.80. The van der Waals surface area contributed by atoms with Crippen LogP contribution in [0, 0.1) is 0 Å². The molecule has 0 aromatic carbocycles. The topological polar surface area (TPSA) is 36.9 Å². The van der Waals surface area contributed by atoms with E-state index < -0.39 is 0 Å². The second-order valence-corrected chi connectivity index (χ2v) is 3.36. The van der Waals surface area contributed by atoms with Crippen molar-refractivity contribution in [2.75, 3.05) is 13.2 Å². The van der Waals surface area contributed by atoms with Gasteiger partial charge in [-0.2, -0.15) is 0 Å². The zero-order valence-electron chi connectivity index (χ0n) is 7.92. The molecule has 0 aliphatic carbocycles. The van der Waals surface area contributed by atoms with Crippen LogP contribution in [0.5, 0.6) is 11.5 Å². The maximum atomic E-state index is 5.25. The van der Waals surface area contributed by atoms with Crippen LogP contribution in [0.2, 0.25) is 0 Å². The van der Waals surface area contributed by atoms with Gasteiger partial charge in [-0.3, -0.25) is 0 Å². The van der Waals surface area contributed by atoms with E-state index in [1.165, 1.54) is 25.0 Å². The number of hydrogen-bond acceptors (Lipinski definition) is 5. The number of hydrogen-bond donors (Lipinski definition) is 0. The molecule has 0 saturated carbocycles. The van der Waals surface area contributed by atoms with Crippen LogP contribution in [0.3, 0.4) is 0 Å². The third-order valence-corrected chi connectivity index (χ3v) is 2.32. The molecule has 1 aromatic heterocycles. The molecule has 2 aliphatic heterocycles. The van der Waals surface area contributed by atoms with E-state index in [2.05, 4.69) is 9.47 Å². The van der Waals surface area contributed by atoms with Crippen molar-refractivity contribution in [2.45, 2.75) is 0 Å². The van der Waals surface area contributed by atoms with Crippen molar-refractivity contribution in [1.82, 2.24) is 0 Å². The second-order valence-electron chi connectivity index (χ2n) is 2.61. The number of ether oxygens (including phenoxy) is 4. The van der Waals surface area contributed by atoms with Gasteiger partial charge >= 0.3 is 0 Å². The number of fused-ring (bicyclic) bond motifs is 1. The Morgan fingerprint density at radius 3 is 1.67 bits per heavy atom. The van der Waals surface area contributed by atoms with Gasteiger partial charge in [0.25, 0.3) is 0 Å². The van der Waals surface area contributed by atoms with Crippen molar-refractivity contribution in [2.24, 2.45) is 0 Å². The first-order chi connectivity index (χ1) is 7.47. The molecule has 4 nitrogen and oxygen atoms in total. The Labute approximate surface area is 91.3 Å². The molecule has 0 fully saturated rings. The van der Waals surface area contributed by atoms with Crippen molar-refractivity contribution >= 4 is 11.3 Å². The van der Waals surface area contributed by atoms with Gasteiger partial charge in [0.05, 0.1) is 0 Å². The lowest BCUT2D eigenvalue weighted by Gasteiger charge is -2.13. The predicted molar refractivity (Wildman–Crippen MR) is 55.8 cm³/mol. The van der Waals surface area contributed by atoms with E-state index in [-0.39, 0.29) is 0 Å². The van der Waals surface area contributed by atoms with Crippen LogP contribution in [-0.4, -0.2) is 13.2 Å². The first-order valence-corrected chi connectivity index (χ1v) is 5.34. The van der Waals surface area contributed by atoms with E-state index in [0.717, 1.165) is 11.5 Å². The Morgan fingerprint density at radius 2 is 1.27 bits per heavy atom. The highest BCUT2D eigenvalue weighted by atomic mass is 32.1. The van der Waals surface area contributed by atoms with Crippen LogP contribution < -0.4 is 9.47 Å². The molecular formula is C10H10O4S. The molecule has 3 heterocycles. The molecule has 5 heteroatoms. The van der Waals surface area contributed by atoms with E-state index in [1.54, 1.807) is 11.3 Å². The van der Waals surface area contributed by atoms with Crippen LogP contribution in [0.4, 0.5) is 0 Å². The van der Waals surface area contributed by atoms with E-state index in [0.29, 0.717) is 13.2 Å². The third kappa shape index (κ3) is 2.92. The predicted octanol–water partition coefficient (Wildman–Crippen LogP) is 2.49. The van der Waals surface area contributed by atoms with Crippen molar-refractivity contribution in [3.05, 3.63) is 35.8 Å². The van der Waals surface area contributed by atoms with Crippen LogP contribution in [0.1, 0.15) is 0 Å². The van der Waals surface area contributed by atoms with Gasteiger partial charge in [-0.05, 0) is 0 Å². The lowest BCUT2D eigenvalue weighted by molar-refractivity contribution is 0.173. The molecule has 1 aromatic rings. The minimum absolute atomic E-state index is 0.684. The van der Waals surface area contributed by atoms with Crippen LogP contribution in [0.25, 0.3) is 0 Å². The van der Waals surface area contributed by atoms with E-state index in [9.17, 15) is 0 Å².